The van der Waals surface area contributed by atoms with E-state index < -0.39 is 11.3 Å². The normalized spacial score (nSPS) is 16.4. The van der Waals surface area contributed by atoms with Crippen LogP contribution in [0.2, 0.25) is 0 Å². The number of rotatable bonds is 8. The minimum Gasteiger partial charge on any atom is -0.352 e. The fraction of sp³-hybridized carbons (Fsp3) is 0.481. The van der Waals surface area contributed by atoms with E-state index in [0.717, 1.165) is 48.1 Å². The Morgan fingerprint density at radius 2 is 1.80 bits per heavy atom. The molecule has 8 heteroatoms. The second-order valence-corrected chi connectivity index (χ2v) is 10.0. The second kappa shape index (κ2) is 10.1. The first kappa shape index (κ1) is 23.3. The van der Waals surface area contributed by atoms with Crippen LogP contribution in [-0.4, -0.2) is 38.9 Å². The maximum Gasteiger partial charge on any atom is 0.256 e. The lowest BCUT2D eigenvalue weighted by molar-refractivity contribution is 0.0948. The highest BCUT2D eigenvalue weighted by Crippen LogP contribution is 2.25. The van der Waals surface area contributed by atoms with Gasteiger partial charge in [-0.3, -0.25) is 14.4 Å². The number of aromatic amines is 1. The molecule has 1 aromatic carbocycles. The van der Waals surface area contributed by atoms with Gasteiger partial charge in [-0.1, -0.05) is 31.4 Å². The molecule has 3 N–H and O–H groups in total. The van der Waals surface area contributed by atoms with Gasteiger partial charge in [0, 0.05) is 37.9 Å². The number of H-pyrrole nitrogens is 1. The third kappa shape index (κ3) is 5.47. The Morgan fingerprint density at radius 3 is 2.51 bits per heavy atom. The number of fused-ring (bicyclic) bond motifs is 1. The second-order valence-electron chi connectivity index (χ2n) is 10.0. The van der Waals surface area contributed by atoms with Crippen molar-refractivity contribution in [2.75, 3.05) is 6.54 Å². The summed E-state index contributed by atoms with van der Waals surface area (Å²) < 4.78 is 1.87. The topological polar surface area (TPSA) is 109 Å². The van der Waals surface area contributed by atoms with Crippen molar-refractivity contribution >= 4 is 22.8 Å². The Bertz CT molecular complexity index is 1300. The maximum atomic E-state index is 13.1. The number of carbonyl (C=O) groups excluding carboxylic acids is 2. The molecule has 2 saturated carbocycles. The van der Waals surface area contributed by atoms with E-state index in [1.807, 2.05) is 29.7 Å². The minimum atomic E-state index is -0.514. The summed E-state index contributed by atoms with van der Waals surface area (Å²) in [5, 5.41) is 5.75. The molecule has 2 aliphatic carbocycles. The van der Waals surface area contributed by atoms with E-state index in [0.29, 0.717) is 25.4 Å². The highest BCUT2D eigenvalue weighted by molar-refractivity contribution is 5.99. The van der Waals surface area contributed by atoms with Crippen LogP contribution < -0.4 is 16.1 Å². The zero-order valence-corrected chi connectivity index (χ0v) is 20.2. The van der Waals surface area contributed by atoms with Crippen LogP contribution in [0.25, 0.3) is 11.0 Å². The molecule has 5 rings (SSSR count). The molecule has 2 aromatic heterocycles. The minimum absolute atomic E-state index is 0.0182. The number of imidazole rings is 1. The molecule has 2 amide bonds. The zero-order valence-electron chi connectivity index (χ0n) is 20.2. The Morgan fingerprint density at radius 1 is 1.06 bits per heavy atom. The standard InChI is InChI=1S/C27H33N5O3/c1-17-6-5-9-22-24(17)31-23(30-22)12-13-28-26(34)20-15-32(14-18-7-3-2-4-8-18)16-21(25(20)33)27(35)29-19-10-11-19/h5-6,9,15-16,18-19H,2-4,7-8,10-14H2,1H3,(H,28,34)(H,29,35)(H,30,31). The van der Waals surface area contributed by atoms with Crippen molar-refractivity contribution in [3.63, 3.8) is 0 Å². The molecule has 2 fully saturated rings. The number of hydrogen-bond donors (Lipinski definition) is 3. The smallest absolute Gasteiger partial charge is 0.256 e. The van der Waals surface area contributed by atoms with Crippen molar-refractivity contribution in [3.05, 3.63) is 63.3 Å². The molecule has 2 heterocycles. The lowest BCUT2D eigenvalue weighted by Gasteiger charge is -2.23. The van der Waals surface area contributed by atoms with Gasteiger partial charge in [-0.2, -0.15) is 0 Å². The van der Waals surface area contributed by atoms with Gasteiger partial charge in [0.1, 0.15) is 17.0 Å². The number of hydrogen-bond acceptors (Lipinski definition) is 4. The fourth-order valence-corrected chi connectivity index (χ4v) is 4.95. The average Bonchev–Trinajstić information content (AvgIpc) is 3.56. The molecule has 184 valence electrons. The lowest BCUT2D eigenvalue weighted by atomic mass is 9.89. The van der Waals surface area contributed by atoms with Crippen LogP contribution in [-0.2, 0) is 13.0 Å². The van der Waals surface area contributed by atoms with Gasteiger partial charge in [0.15, 0.2) is 0 Å². The molecule has 35 heavy (non-hydrogen) atoms. The first-order valence-corrected chi connectivity index (χ1v) is 12.8. The molecule has 0 atom stereocenters. The van der Waals surface area contributed by atoms with Crippen LogP contribution in [0, 0.1) is 12.8 Å². The summed E-state index contributed by atoms with van der Waals surface area (Å²) in [6.07, 6.45) is 11.6. The SMILES string of the molecule is Cc1cccc2[nH]c(CCNC(=O)c3cn(CC4CCCCC4)cc(C(=O)NC4CC4)c3=O)nc12. The number of para-hydroxylation sites is 1. The van der Waals surface area contributed by atoms with E-state index in [1.54, 1.807) is 12.4 Å². The van der Waals surface area contributed by atoms with E-state index in [-0.39, 0.29) is 23.1 Å². The number of nitrogens with zero attached hydrogens (tertiary/aromatic N) is 2. The first-order valence-electron chi connectivity index (χ1n) is 12.8. The Labute approximate surface area is 204 Å². The third-order valence-corrected chi connectivity index (χ3v) is 7.09. The summed E-state index contributed by atoms with van der Waals surface area (Å²) >= 11 is 0. The number of aromatic nitrogens is 3. The molecule has 0 saturated heterocycles. The van der Waals surface area contributed by atoms with E-state index >= 15 is 0 Å². The first-order chi connectivity index (χ1) is 17.0. The van der Waals surface area contributed by atoms with Gasteiger partial charge in [0.2, 0.25) is 5.43 Å². The summed E-state index contributed by atoms with van der Waals surface area (Å²) in [6, 6.07) is 6.11. The van der Waals surface area contributed by atoms with E-state index in [1.165, 1.54) is 19.3 Å². The number of benzene rings is 1. The molecule has 0 radical (unpaired) electrons. The number of carbonyl (C=O) groups is 2. The largest absolute Gasteiger partial charge is 0.352 e. The molecular formula is C27H33N5O3. The molecule has 2 aliphatic rings. The van der Waals surface area contributed by atoms with Crippen molar-refractivity contribution in [1.29, 1.82) is 0 Å². The van der Waals surface area contributed by atoms with Crippen LogP contribution in [0.1, 0.15) is 77.0 Å². The van der Waals surface area contributed by atoms with Gasteiger partial charge in [-0.15, -0.1) is 0 Å². The predicted octanol–water partition coefficient (Wildman–Crippen LogP) is 3.48. The number of amides is 2. The van der Waals surface area contributed by atoms with Crippen molar-refractivity contribution in [2.45, 2.75) is 70.9 Å². The zero-order chi connectivity index (χ0) is 24.4. The molecule has 0 aliphatic heterocycles. The Kier molecular flexibility index (Phi) is 6.70. The average molecular weight is 476 g/mol. The molecule has 3 aromatic rings. The predicted molar refractivity (Wildman–Crippen MR) is 135 cm³/mol. The number of pyridine rings is 1. The highest BCUT2D eigenvalue weighted by Gasteiger charge is 2.27. The van der Waals surface area contributed by atoms with Gasteiger partial charge >= 0.3 is 0 Å². The van der Waals surface area contributed by atoms with Crippen LogP contribution >= 0.6 is 0 Å². The quantitative estimate of drug-likeness (QED) is 0.463. The van der Waals surface area contributed by atoms with Crippen molar-refractivity contribution in [1.82, 2.24) is 25.2 Å². The van der Waals surface area contributed by atoms with Crippen molar-refractivity contribution in [2.24, 2.45) is 5.92 Å². The Balaban J connectivity index is 1.32. The molecule has 0 spiro atoms. The van der Waals surface area contributed by atoms with Crippen molar-refractivity contribution in [3.8, 4) is 0 Å². The van der Waals surface area contributed by atoms with Crippen LogP contribution in [0.3, 0.4) is 0 Å². The van der Waals surface area contributed by atoms with E-state index in [4.69, 9.17) is 0 Å². The van der Waals surface area contributed by atoms with Gasteiger partial charge in [0.05, 0.1) is 11.0 Å². The summed E-state index contributed by atoms with van der Waals surface area (Å²) in [7, 11) is 0. The third-order valence-electron chi connectivity index (χ3n) is 7.09. The Hall–Kier alpha value is -3.42. The summed E-state index contributed by atoms with van der Waals surface area (Å²) in [4.78, 5) is 46.9. The van der Waals surface area contributed by atoms with Gasteiger partial charge < -0.3 is 20.2 Å². The van der Waals surface area contributed by atoms with Crippen molar-refractivity contribution < 1.29 is 9.59 Å². The number of aryl methyl sites for hydroxylation is 1. The molecule has 0 bridgehead atoms. The number of nitrogens with one attached hydrogen (secondary N) is 3. The van der Waals surface area contributed by atoms with Crippen LogP contribution in [0.4, 0.5) is 0 Å². The van der Waals surface area contributed by atoms with Gasteiger partial charge in [-0.05, 0) is 50.2 Å². The van der Waals surface area contributed by atoms with E-state index in [9.17, 15) is 14.4 Å². The molecule has 0 unspecified atom stereocenters. The van der Waals surface area contributed by atoms with Crippen LogP contribution in [0.15, 0.2) is 35.4 Å². The molecular weight excluding hydrogens is 442 g/mol. The van der Waals surface area contributed by atoms with Crippen LogP contribution in [0.5, 0.6) is 0 Å². The van der Waals surface area contributed by atoms with Gasteiger partial charge in [0.25, 0.3) is 11.8 Å². The molecule has 8 nitrogen and oxygen atoms in total. The maximum absolute atomic E-state index is 13.1. The fourth-order valence-electron chi connectivity index (χ4n) is 4.95. The highest BCUT2D eigenvalue weighted by atomic mass is 16.2. The monoisotopic (exact) mass is 475 g/mol. The summed E-state index contributed by atoms with van der Waals surface area (Å²) in [6.45, 7) is 3.06. The summed E-state index contributed by atoms with van der Waals surface area (Å²) in [5.41, 5.74) is 2.53. The lowest BCUT2D eigenvalue weighted by Crippen LogP contribution is -2.37. The van der Waals surface area contributed by atoms with E-state index in [2.05, 4.69) is 20.6 Å². The van der Waals surface area contributed by atoms with Gasteiger partial charge in [-0.25, -0.2) is 4.98 Å². The summed E-state index contributed by atoms with van der Waals surface area (Å²) in [5.74, 6) is 0.433.